The number of ether oxygens (including phenoxy) is 1. The summed E-state index contributed by atoms with van der Waals surface area (Å²) in [5, 5.41) is 3.15. The Kier molecular flexibility index (Phi) is 4.28. The highest BCUT2D eigenvalue weighted by Crippen LogP contribution is 2.18. The maximum Gasteiger partial charge on any atom is 0.322 e. The topological polar surface area (TPSA) is 84.5 Å². The first-order valence-electron chi connectivity index (χ1n) is 5.16. The number of sulfonamides is 1. The van der Waals surface area contributed by atoms with Crippen molar-refractivity contribution in [3.63, 3.8) is 0 Å². The maximum atomic E-state index is 11.6. The van der Waals surface area contributed by atoms with Gasteiger partial charge in [0.15, 0.2) is 5.75 Å². The van der Waals surface area contributed by atoms with Crippen molar-refractivity contribution in [3.8, 4) is 0 Å². The number of rotatable bonds is 4. The summed E-state index contributed by atoms with van der Waals surface area (Å²) >= 11 is 0. The molecule has 0 atom stereocenters. The first kappa shape index (κ1) is 13.4. The number of hydrogen-bond acceptors (Lipinski definition) is 5. The number of nitrogens with one attached hydrogen (secondary N) is 2. The van der Waals surface area contributed by atoms with Crippen LogP contribution in [0.3, 0.4) is 0 Å². The van der Waals surface area contributed by atoms with Crippen molar-refractivity contribution in [2.24, 2.45) is 0 Å². The van der Waals surface area contributed by atoms with E-state index in [0.717, 1.165) is 13.1 Å². The third kappa shape index (κ3) is 4.07. The van der Waals surface area contributed by atoms with E-state index in [1.165, 1.54) is 7.11 Å². The van der Waals surface area contributed by atoms with Crippen LogP contribution in [-0.2, 0) is 19.6 Å². The lowest BCUT2D eigenvalue weighted by Gasteiger charge is -2.34. The molecule has 0 amide bonds. The zero-order valence-corrected chi connectivity index (χ0v) is 10.4. The van der Waals surface area contributed by atoms with Gasteiger partial charge in [-0.1, -0.05) is 0 Å². The van der Waals surface area contributed by atoms with Crippen molar-refractivity contribution < 1.29 is 17.9 Å². The van der Waals surface area contributed by atoms with Gasteiger partial charge in [0.25, 0.3) is 0 Å². The fourth-order valence-corrected chi connectivity index (χ4v) is 3.16. The lowest BCUT2D eigenvalue weighted by molar-refractivity contribution is -0.137. The van der Waals surface area contributed by atoms with Crippen molar-refractivity contribution in [2.75, 3.05) is 26.0 Å². The number of hydrogen-bond donors (Lipinski definition) is 2. The van der Waals surface area contributed by atoms with Gasteiger partial charge in [-0.15, -0.1) is 0 Å². The molecule has 0 saturated carbocycles. The van der Waals surface area contributed by atoms with Gasteiger partial charge in [-0.25, -0.2) is 13.1 Å². The van der Waals surface area contributed by atoms with Crippen LogP contribution in [0.2, 0.25) is 0 Å². The Hall–Kier alpha value is -0.660. The molecule has 2 N–H and O–H groups in total. The van der Waals surface area contributed by atoms with Crippen LogP contribution in [0.15, 0.2) is 0 Å². The van der Waals surface area contributed by atoms with Gasteiger partial charge in [-0.05, 0) is 32.9 Å². The number of carbonyl (C=O) groups excluding carboxylic acids is 1. The zero-order chi connectivity index (χ0) is 12.2. The minimum atomic E-state index is -3.60. The Labute approximate surface area is 95.8 Å². The molecular weight excluding hydrogens is 232 g/mol. The summed E-state index contributed by atoms with van der Waals surface area (Å²) in [4.78, 5) is 10.9. The summed E-state index contributed by atoms with van der Waals surface area (Å²) < 4.78 is 30.2. The van der Waals surface area contributed by atoms with Crippen LogP contribution in [0.4, 0.5) is 0 Å². The first-order chi connectivity index (χ1) is 7.37. The molecule has 0 radical (unpaired) electrons. The van der Waals surface area contributed by atoms with E-state index in [0.29, 0.717) is 12.8 Å². The molecule has 0 aromatic heterocycles. The predicted molar refractivity (Wildman–Crippen MR) is 59.4 cm³/mol. The Morgan fingerprint density at radius 3 is 2.50 bits per heavy atom. The normalized spacial score (nSPS) is 20.4. The molecule has 6 nitrogen and oxygen atoms in total. The summed E-state index contributed by atoms with van der Waals surface area (Å²) in [6.07, 6.45) is 1.43. The van der Waals surface area contributed by atoms with E-state index in [2.05, 4.69) is 14.8 Å². The largest absolute Gasteiger partial charge is 0.468 e. The summed E-state index contributed by atoms with van der Waals surface area (Å²) in [7, 11) is -2.43. The summed E-state index contributed by atoms with van der Waals surface area (Å²) in [5.74, 6) is -1.36. The van der Waals surface area contributed by atoms with Crippen LogP contribution in [0.5, 0.6) is 0 Å². The molecule has 1 rings (SSSR count). The van der Waals surface area contributed by atoms with E-state index in [1.54, 1.807) is 0 Å². The maximum absolute atomic E-state index is 11.6. The molecule has 0 unspecified atom stereocenters. The highest BCUT2D eigenvalue weighted by atomic mass is 32.2. The number of piperidine rings is 1. The van der Waals surface area contributed by atoms with Crippen LogP contribution >= 0.6 is 0 Å². The number of methoxy groups -OCH3 is 1. The van der Waals surface area contributed by atoms with Crippen LogP contribution in [0.25, 0.3) is 0 Å². The standard InChI is InChI=1S/C9H18N2O4S/c1-9(3-5-10-6-4-9)11-16(13,14)7-8(12)15-2/h10-11H,3-7H2,1-2H3. The minimum Gasteiger partial charge on any atom is -0.468 e. The van der Waals surface area contributed by atoms with Crippen LogP contribution in [0, 0.1) is 0 Å². The van der Waals surface area contributed by atoms with Crippen molar-refractivity contribution in [1.82, 2.24) is 10.0 Å². The summed E-state index contributed by atoms with van der Waals surface area (Å²) in [6.45, 7) is 3.40. The molecule has 1 heterocycles. The second-order valence-electron chi connectivity index (χ2n) is 4.25. The molecular formula is C9H18N2O4S. The SMILES string of the molecule is COC(=O)CS(=O)(=O)NC1(C)CCNCC1. The second-order valence-corrected chi connectivity index (χ2v) is 5.97. The number of esters is 1. The fourth-order valence-electron chi connectivity index (χ4n) is 1.71. The monoisotopic (exact) mass is 250 g/mol. The average Bonchev–Trinajstić information content (AvgIpc) is 2.16. The van der Waals surface area contributed by atoms with Crippen molar-refractivity contribution in [3.05, 3.63) is 0 Å². The minimum absolute atomic E-state index is 0.460. The van der Waals surface area contributed by atoms with Crippen molar-refractivity contribution in [1.29, 1.82) is 0 Å². The molecule has 0 bridgehead atoms. The van der Waals surface area contributed by atoms with Gasteiger partial charge in [-0.3, -0.25) is 4.79 Å². The van der Waals surface area contributed by atoms with Gasteiger partial charge in [-0.2, -0.15) is 0 Å². The Bertz CT molecular complexity index is 347. The van der Waals surface area contributed by atoms with Crippen LogP contribution in [-0.4, -0.2) is 45.9 Å². The third-order valence-corrected chi connectivity index (χ3v) is 4.06. The van der Waals surface area contributed by atoms with Crippen LogP contribution < -0.4 is 10.0 Å². The van der Waals surface area contributed by atoms with Crippen LogP contribution in [0.1, 0.15) is 19.8 Å². The second kappa shape index (κ2) is 5.11. The molecule has 1 aliphatic rings. The number of carbonyl (C=O) groups is 1. The lowest BCUT2D eigenvalue weighted by Crippen LogP contribution is -2.53. The predicted octanol–water partition coefficient (Wildman–Crippen LogP) is -0.779. The average molecular weight is 250 g/mol. The highest BCUT2D eigenvalue weighted by Gasteiger charge is 2.32. The van der Waals surface area contributed by atoms with Gasteiger partial charge in [0.1, 0.15) is 0 Å². The van der Waals surface area contributed by atoms with E-state index in [1.807, 2.05) is 6.92 Å². The molecule has 0 aliphatic carbocycles. The molecule has 94 valence electrons. The molecule has 16 heavy (non-hydrogen) atoms. The van der Waals surface area contributed by atoms with E-state index >= 15 is 0 Å². The third-order valence-electron chi connectivity index (χ3n) is 2.64. The fraction of sp³-hybridized carbons (Fsp3) is 0.889. The molecule has 7 heteroatoms. The van der Waals surface area contributed by atoms with E-state index in [-0.39, 0.29) is 0 Å². The van der Waals surface area contributed by atoms with E-state index in [9.17, 15) is 13.2 Å². The smallest absolute Gasteiger partial charge is 0.322 e. The molecule has 0 aromatic rings. The quantitative estimate of drug-likeness (QED) is 0.639. The lowest BCUT2D eigenvalue weighted by atomic mass is 9.92. The Morgan fingerprint density at radius 1 is 1.44 bits per heavy atom. The molecule has 1 fully saturated rings. The highest BCUT2D eigenvalue weighted by molar-refractivity contribution is 7.90. The van der Waals surface area contributed by atoms with Gasteiger partial charge < -0.3 is 10.1 Å². The van der Waals surface area contributed by atoms with Gasteiger partial charge in [0, 0.05) is 5.54 Å². The molecule has 0 spiro atoms. The van der Waals surface area contributed by atoms with Gasteiger partial charge >= 0.3 is 5.97 Å². The first-order valence-corrected chi connectivity index (χ1v) is 6.81. The summed E-state index contributed by atoms with van der Waals surface area (Å²) in [6, 6.07) is 0. The van der Waals surface area contributed by atoms with Crippen molar-refractivity contribution >= 4 is 16.0 Å². The molecule has 0 aromatic carbocycles. The Morgan fingerprint density at radius 2 is 2.00 bits per heavy atom. The Balaban J connectivity index is 2.60. The molecule has 1 saturated heterocycles. The van der Waals surface area contributed by atoms with Gasteiger partial charge in [0.2, 0.25) is 10.0 Å². The van der Waals surface area contributed by atoms with Gasteiger partial charge in [0.05, 0.1) is 7.11 Å². The van der Waals surface area contributed by atoms with E-state index < -0.39 is 27.3 Å². The van der Waals surface area contributed by atoms with E-state index in [4.69, 9.17) is 0 Å². The zero-order valence-electron chi connectivity index (χ0n) is 9.58. The summed E-state index contributed by atoms with van der Waals surface area (Å²) in [5.41, 5.74) is -0.460. The van der Waals surface area contributed by atoms with Crippen molar-refractivity contribution in [2.45, 2.75) is 25.3 Å². The molecule has 1 aliphatic heterocycles.